The summed E-state index contributed by atoms with van der Waals surface area (Å²) in [5, 5.41) is 21.4. The first-order valence-corrected chi connectivity index (χ1v) is 10.3. The molecule has 3 saturated carbocycles. The molecule has 32 heavy (non-hydrogen) atoms. The van der Waals surface area contributed by atoms with Crippen LogP contribution in [0.4, 0.5) is 5.95 Å². The molecule has 3 aliphatic rings. The van der Waals surface area contributed by atoms with Gasteiger partial charge in [0.05, 0.1) is 17.6 Å². The van der Waals surface area contributed by atoms with Crippen LogP contribution in [0.15, 0.2) is 23.0 Å². The Hall–Kier alpha value is -4.11. The number of nitrogens with zero attached hydrogens (tertiary/aromatic N) is 5. The van der Waals surface area contributed by atoms with Crippen LogP contribution in [0.25, 0.3) is 17.2 Å². The number of anilines is 1. The quantitative estimate of drug-likeness (QED) is 0.596. The number of nitriles is 2. The van der Waals surface area contributed by atoms with Gasteiger partial charge in [-0.15, -0.1) is 0 Å². The summed E-state index contributed by atoms with van der Waals surface area (Å²) in [5.74, 6) is 1.27. The van der Waals surface area contributed by atoms with Gasteiger partial charge >= 0.3 is 5.69 Å². The number of fused-ring (bicyclic) bond motifs is 1. The van der Waals surface area contributed by atoms with Crippen molar-refractivity contribution in [3.05, 3.63) is 45.4 Å². The molecule has 160 valence electrons. The first kappa shape index (κ1) is 19.8. The summed E-state index contributed by atoms with van der Waals surface area (Å²) in [6.45, 7) is 3.84. The largest absolute Gasteiger partial charge is 0.436 e. The summed E-state index contributed by atoms with van der Waals surface area (Å²) >= 11 is 0. The van der Waals surface area contributed by atoms with Crippen LogP contribution in [0.2, 0.25) is 0 Å². The van der Waals surface area contributed by atoms with Gasteiger partial charge in [-0.2, -0.15) is 20.5 Å². The molecule has 3 aliphatic carbocycles. The molecule has 3 aromatic rings. The summed E-state index contributed by atoms with van der Waals surface area (Å²) in [7, 11) is 1.64. The van der Waals surface area contributed by atoms with E-state index < -0.39 is 0 Å². The number of ether oxygens (including phenoxy) is 1. The maximum absolute atomic E-state index is 12.3. The molecule has 0 aliphatic heterocycles. The predicted octanol–water partition coefficient (Wildman–Crippen LogP) is 3.46. The fraction of sp³-hybridized carbons (Fsp3) is 0.348. The van der Waals surface area contributed by atoms with Gasteiger partial charge in [0.25, 0.3) is 5.88 Å². The maximum atomic E-state index is 12.3. The number of benzene rings is 1. The van der Waals surface area contributed by atoms with E-state index >= 15 is 0 Å². The molecule has 2 bridgehead atoms. The molecule has 0 spiro atoms. The predicted molar refractivity (Wildman–Crippen MR) is 118 cm³/mol. The van der Waals surface area contributed by atoms with Crippen molar-refractivity contribution in [2.75, 3.05) is 5.32 Å². The number of imidazole rings is 1. The molecule has 2 aromatic heterocycles. The number of hydrogen-bond acceptors (Lipinski definition) is 7. The Balaban J connectivity index is 1.54. The van der Waals surface area contributed by atoms with Gasteiger partial charge in [0.15, 0.2) is 11.2 Å². The van der Waals surface area contributed by atoms with Crippen LogP contribution in [0, 0.1) is 41.9 Å². The molecule has 0 radical (unpaired) electrons. The van der Waals surface area contributed by atoms with Crippen molar-refractivity contribution in [3.8, 4) is 23.8 Å². The van der Waals surface area contributed by atoms with E-state index in [1.165, 1.54) is 10.6 Å². The van der Waals surface area contributed by atoms with Gasteiger partial charge in [0.1, 0.15) is 5.75 Å². The number of hydrogen-bond donors (Lipinski definition) is 2. The molecule has 0 amide bonds. The number of nitrogens with one attached hydrogen (secondary N) is 2. The molecule has 0 saturated heterocycles. The molecule has 3 fully saturated rings. The second kappa shape index (κ2) is 6.69. The van der Waals surface area contributed by atoms with Gasteiger partial charge in [0.2, 0.25) is 5.95 Å². The lowest BCUT2D eigenvalue weighted by Crippen LogP contribution is -2.70. The summed E-state index contributed by atoms with van der Waals surface area (Å²) in [5.41, 5.74) is 2.84. The topological polar surface area (TPSA) is 132 Å². The third-order valence-corrected chi connectivity index (χ3v) is 6.39. The zero-order valence-corrected chi connectivity index (χ0v) is 18.0. The van der Waals surface area contributed by atoms with Gasteiger partial charge < -0.3 is 10.1 Å². The Morgan fingerprint density at radius 3 is 2.53 bits per heavy atom. The van der Waals surface area contributed by atoms with E-state index in [1.54, 1.807) is 13.1 Å². The van der Waals surface area contributed by atoms with Crippen LogP contribution in [0.5, 0.6) is 11.6 Å². The molecule has 2 heterocycles. The zero-order chi connectivity index (χ0) is 22.7. The Morgan fingerprint density at radius 1 is 1.22 bits per heavy atom. The lowest BCUT2D eigenvalue weighted by atomic mass is 9.40. The van der Waals surface area contributed by atoms with Crippen LogP contribution >= 0.6 is 0 Å². The van der Waals surface area contributed by atoms with E-state index in [2.05, 4.69) is 26.3 Å². The van der Waals surface area contributed by atoms with E-state index in [1.807, 2.05) is 32.0 Å². The molecular weight excluding hydrogens is 406 g/mol. The fourth-order valence-corrected chi connectivity index (χ4v) is 4.98. The molecule has 9 nitrogen and oxygen atoms in total. The van der Waals surface area contributed by atoms with Gasteiger partial charge in [-0.3, -0.25) is 9.55 Å². The van der Waals surface area contributed by atoms with Gasteiger partial charge in [-0.25, -0.2) is 4.79 Å². The SMILES string of the molecule is Cc1cc(/C=C/C#N)cc(C)c1Oc1nc(NC23CC(C#N)(C2)C3)nc2[nH]c(=O)n(C)c12. The van der Waals surface area contributed by atoms with Crippen LogP contribution in [0.3, 0.4) is 0 Å². The number of aromatic amines is 1. The lowest BCUT2D eigenvalue weighted by molar-refractivity contribution is -0.0665. The van der Waals surface area contributed by atoms with Crippen LogP contribution < -0.4 is 15.7 Å². The molecule has 0 unspecified atom stereocenters. The highest BCUT2D eigenvalue weighted by atomic mass is 16.5. The van der Waals surface area contributed by atoms with Crippen molar-refractivity contribution in [3.63, 3.8) is 0 Å². The molecule has 1 aromatic carbocycles. The highest BCUT2D eigenvalue weighted by Crippen LogP contribution is 2.67. The first-order valence-electron chi connectivity index (χ1n) is 10.3. The highest BCUT2D eigenvalue weighted by molar-refractivity contribution is 5.78. The van der Waals surface area contributed by atoms with Crippen molar-refractivity contribution in [2.24, 2.45) is 12.5 Å². The second-order valence-electron chi connectivity index (χ2n) is 8.91. The minimum absolute atomic E-state index is 0.156. The average molecular weight is 427 g/mol. The highest BCUT2D eigenvalue weighted by Gasteiger charge is 2.69. The Morgan fingerprint density at radius 2 is 1.91 bits per heavy atom. The minimum atomic E-state index is -0.310. The minimum Gasteiger partial charge on any atom is -0.436 e. The van der Waals surface area contributed by atoms with E-state index in [4.69, 9.17) is 10.00 Å². The van der Waals surface area contributed by atoms with E-state index in [0.29, 0.717) is 22.9 Å². The average Bonchev–Trinajstić information content (AvgIpc) is 2.98. The molecular formula is C23H21N7O2. The number of aromatic nitrogens is 4. The summed E-state index contributed by atoms with van der Waals surface area (Å²) in [6.07, 6.45) is 5.49. The van der Waals surface area contributed by atoms with Crippen molar-refractivity contribution in [1.29, 1.82) is 10.5 Å². The summed E-state index contributed by atoms with van der Waals surface area (Å²) < 4.78 is 7.68. The van der Waals surface area contributed by atoms with Crippen molar-refractivity contribution >= 4 is 23.2 Å². The number of aryl methyl sites for hydroxylation is 3. The number of allylic oxidation sites excluding steroid dienone is 1. The Labute approximate surface area is 184 Å². The molecule has 9 heteroatoms. The van der Waals surface area contributed by atoms with Crippen LogP contribution in [-0.2, 0) is 7.05 Å². The third kappa shape index (κ3) is 2.94. The maximum Gasteiger partial charge on any atom is 0.327 e. The summed E-state index contributed by atoms with van der Waals surface area (Å²) in [6, 6.07) is 8.23. The first-order chi connectivity index (χ1) is 15.3. The summed E-state index contributed by atoms with van der Waals surface area (Å²) in [4.78, 5) is 24.1. The van der Waals surface area contributed by atoms with Gasteiger partial charge in [0, 0.05) is 18.7 Å². The fourth-order valence-electron chi connectivity index (χ4n) is 4.98. The Bertz CT molecular complexity index is 1410. The van der Waals surface area contributed by atoms with E-state index in [0.717, 1.165) is 36.0 Å². The molecule has 6 rings (SSSR count). The second-order valence-corrected chi connectivity index (χ2v) is 8.91. The molecule has 0 atom stereocenters. The van der Waals surface area contributed by atoms with E-state index in [9.17, 15) is 10.1 Å². The third-order valence-electron chi connectivity index (χ3n) is 6.39. The Kier molecular flexibility index (Phi) is 4.15. The van der Waals surface area contributed by atoms with Gasteiger partial charge in [-0.05, 0) is 68.0 Å². The van der Waals surface area contributed by atoms with Crippen molar-refractivity contribution < 1.29 is 4.74 Å². The monoisotopic (exact) mass is 427 g/mol. The van der Waals surface area contributed by atoms with Crippen molar-refractivity contribution in [1.82, 2.24) is 19.5 Å². The van der Waals surface area contributed by atoms with Crippen LogP contribution in [-0.4, -0.2) is 25.1 Å². The van der Waals surface area contributed by atoms with Gasteiger partial charge in [-0.1, -0.05) is 0 Å². The smallest absolute Gasteiger partial charge is 0.327 e. The van der Waals surface area contributed by atoms with Crippen LogP contribution in [0.1, 0.15) is 36.0 Å². The molecule has 2 N–H and O–H groups in total. The standard InChI is InChI=1S/C23H21N7O2/c1-13-7-15(5-4-6-24)8-14(2)17(13)32-19-16-18(27-21(31)30(16)3)26-20(28-19)29-23-9-22(10-23,11-23)12-25/h4-5,7-8H,9-11H2,1-3H3,(H2,26,27,28,29,31)/b5-4+. The number of rotatable bonds is 5. The normalized spacial score (nSPS) is 23.3. The van der Waals surface area contributed by atoms with Crippen molar-refractivity contribution in [2.45, 2.75) is 38.6 Å². The lowest BCUT2D eigenvalue weighted by Gasteiger charge is -2.66. The zero-order valence-electron chi connectivity index (χ0n) is 18.0. The number of H-pyrrole nitrogens is 1. The van der Waals surface area contributed by atoms with E-state index in [-0.39, 0.29) is 22.5 Å².